The van der Waals surface area contributed by atoms with Gasteiger partial charge in [0.25, 0.3) is 5.56 Å². The molecule has 9 nitrogen and oxygen atoms in total. The molecule has 0 saturated heterocycles. The number of rotatable bonds is 5. The van der Waals surface area contributed by atoms with Crippen LogP contribution in [0.1, 0.15) is 51.1 Å². The average molecular weight is 481 g/mol. The molecule has 2 N–H and O–H groups in total. The van der Waals surface area contributed by atoms with Gasteiger partial charge in [0.05, 0.1) is 28.4 Å². The van der Waals surface area contributed by atoms with Crippen LogP contribution >= 0.6 is 0 Å². The zero-order valence-corrected chi connectivity index (χ0v) is 20.1. The molecule has 178 valence electrons. The summed E-state index contributed by atoms with van der Waals surface area (Å²) in [6.45, 7) is 4.78. The van der Waals surface area contributed by atoms with Crippen LogP contribution in [0.3, 0.4) is 0 Å². The lowest BCUT2D eigenvalue weighted by Crippen LogP contribution is -2.28. The molecule has 2 aliphatic rings. The predicted molar refractivity (Wildman–Crippen MR) is 129 cm³/mol. The van der Waals surface area contributed by atoms with Crippen molar-refractivity contribution in [2.24, 2.45) is 11.8 Å². The van der Waals surface area contributed by atoms with E-state index in [1.165, 1.54) is 4.31 Å². The molecule has 1 saturated carbocycles. The molecular formula is C24H28N6O3S. The van der Waals surface area contributed by atoms with Crippen LogP contribution < -0.4 is 10.9 Å². The fourth-order valence-corrected chi connectivity index (χ4v) is 6.92. The Labute approximate surface area is 198 Å². The summed E-state index contributed by atoms with van der Waals surface area (Å²) in [6.07, 6.45) is 5.29. The van der Waals surface area contributed by atoms with Crippen molar-refractivity contribution >= 4 is 32.4 Å². The SMILES string of the molecule is CC(C)CN1Cc2cc(Nc3nn([C@H]4CCCCC4C#N)c4cc[nH]c(=O)c34)ccc2S1(=O)=O. The first-order valence-corrected chi connectivity index (χ1v) is 13.1. The zero-order valence-electron chi connectivity index (χ0n) is 19.3. The van der Waals surface area contributed by atoms with Crippen LogP contribution in [0.2, 0.25) is 0 Å². The molecule has 0 bridgehead atoms. The van der Waals surface area contributed by atoms with Crippen LogP contribution in [0.25, 0.3) is 10.9 Å². The molecule has 1 aromatic carbocycles. The van der Waals surface area contributed by atoms with Gasteiger partial charge in [-0.05, 0) is 48.6 Å². The molecule has 1 aliphatic heterocycles. The van der Waals surface area contributed by atoms with Gasteiger partial charge in [-0.25, -0.2) is 8.42 Å². The Morgan fingerprint density at radius 2 is 2.06 bits per heavy atom. The Morgan fingerprint density at radius 3 is 2.82 bits per heavy atom. The molecule has 2 aromatic heterocycles. The summed E-state index contributed by atoms with van der Waals surface area (Å²) in [5.74, 6) is 0.473. The third kappa shape index (κ3) is 3.79. The van der Waals surface area contributed by atoms with Gasteiger partial charge in [-0.3, -0.25) is 9.48 Å². The van der Waals surface area contributed by atoms with E-state index in [0.717, 1.165) is 31.2 Å². The highest BCUT2D eigenvalue weighted by molar-refractivity contribution is 7.89. The summed E-state index contributed by atoms with van der Waals surface area (Å²) in [7, 11) is -3.49. The second-order valence-electron chi connectivity index (χ2n) is 9.59. The Kier molecular flexibility index (Phi) is 5.70. The average Bonchev–Trinajstić information content (AvgIpc) is 3.28. The highest BCUT2D eigenvalue weighted by Crippen LogP contribution is 2.37. The Balaban J connectivity index is 1.53. The monoisotopic (exact) mass is 480 g/mol. The molecular weight excluding hydrogens is 452 g/mol. The lowest BCUT2D eigenvalue weighted by Gasteiger charge is -2.27. The lowest BCUT2D eigenvalue weighted by atomic mass is 9.85. The summed E-state index contributed by atoms with van der Waals surface area (Å²) >= 11 is 0. The molecule has 2 atom stereocenters. The lowest BCUT2D eigenvalue weighted by molar-refractivity contribution is 0.277. The summed E-state index contributed by atoms with van der Waals surface area (Å²) in [5.41, 5.74) is 1.81. The minimum atomic E-state index is -3.49. The van der Waals surface area contributed by atoms with Gasteiger partial charge in [0.2, 0.25) is 10.0 Å². The Bertz CT molecular complexity index is 1450. The topological polar surface area (TPSA) is 124 Å². The van der Waals surface area contributed by atoms with E-state index in [9.17, 15) is 18.5 Å². The highest BCUT2D eigenvalue weighted by Gasteiger charge is 2.35. The van der Waals surface area contributed by atoms with Gasteiger partial charge in [0, 0.05) is 25.0 Å². The number of aromatic nitrogens is 3. The predicted octanol–water partition coefficient (Wildman–Crippen LogP) is 3.88. The highest BCUT2D eigenvalue weighted by atomic mass is 32.2. The van der Waals surface area contributed by atoms with Crippen LogP contribution in [0.4, 0.5) is 11.5 Å². The number of nitrogens with one attached hydrogen (secondary N) is 2. The quantitative estimate of drug-likeness (QED) is 0.571. The number of benzene rings is 1. The molecule has 0 radical (unpaired) electrons. The minimum absolute atomic E-state index is 0.0895. The molecule has 3 heterocycles. The Morgan fingerprint density at radius 1 is 1.26 bits per heavy atom. The van der Waals surface area contributed by atoms with E-state index in [1.54, 1.807) is 18.3 Å². The van der Waals surface area contributed by atoms with Crippen molar-refractivity contribution in [3.8, 4) is 6.07 Å². The fourth-order valence-electron chi connectivity index (χ4n) is 5.15. The van der Waals surface area contributed by atoms with Crippen LogP contribution in [-0.4, -0.2) is 34.0 Å². The van der Waals surface area contributed by atoms with E-state index in [2.05, 4.69) is 16.4 Å². The standard InChI is InChI=1S/C24H28N6O3S/c1-15(2)13-29-14-17-11-18(7-8-21(17)34(29,32)33)27-23-22-20(9-10-26-24(22)31)30(28-23)19-6-4-3-5-16(19)12-25/h7-11,15-16,19H,3-6,13-14H2,1-2H3,(H,26,31)(H,27,28)/t16?,19-/m0/s1. The van der Waals surface area contributed by atoms with Crippen molar-refractivity contribution in [2.75, 3.05) is 11.9 Å². The molecule has 34 heavy (non-hydrogen) atoms. The maximum Gasteiger partial charge on any atom is 0.261 e. The van der Waals surface area contributed by atoms with Crippen molar-refractivity contribution in [3.05, 3.63) is 46.4 Å². The van der Waals surface area contributed by atoms with Crippen molar-refractivity contribution in [2.45, 2.75) is 57.0 Å². The fraction of sp³-hybridized carbons (Fsp3) is 0.458. The second kappa shape index (κ2) is 8.56. The number of hydrogen-bond donors (Lipinski definition) is 2. The summed E-state index contributed by atoms with van der Waals surface area (Å²) < 4.78 is 29.1. The number of sulfonamides is 1. The molecule has 1 fully saturated rings. The first-order chi connectivity index (χ1) is 16.3. The van der Waals surface area contributed by atoms with Gasteiger partial charge in [-0.2, -0.15) is 14.7 Å². The van der Waals surface area contributed by atoms with E-state index in [1.807, 2.05) is 30.7 Å². The summed E-state index contributed by atoms with van der Waals surface area (Å²) in [5, 5.41) is 18.1. The number of anilines is 2. The Hall–Kier alpha value is -3.16. The number of nitrogens with zero attached hydrogens (tertiary/aromatic N) is 4. The number of H-pyrrole nitrogens is 1. The van der Waals surface area contributed by atoms with Gasteiger partial charge in [0.1, 0.15) is 5.39 Å². The third-order valence-corrected chi connectivity index (χ3v) is 8.61. The van der Waals surface area contributed by atoms with Gasteiger partial charge in [0.15, 0.2) is 5.82 Å². The zero-order chi connectivity index (χ0) is 24.0. The minimum Gasteiger partial charge on any atom is -0.338 e. The molecule has 1 aliphatic carbocycles. The van der Waals surface area contributed by atoms with Crippen molar-refractivity contribution in [3.63, 3.8) is 0 Å². The molecule has 5 rings (SSSR count). The molecule has 1 unspecified atom stereocenters. The van der Waals surface area contributed by atoms with Crippen molar-refractivity contribution in [1.82, 2.24) is 19.1 Å². The van der Waals surface area contributed by atoms with Crippen molar-refractivity contribution < 1.29 is 8.42 Å². The number of fused-ring (bicyclic) bond motifs is 2. The van der Waals surface area contributed by atoms with Gasteiger partial charge < -0.3 is 10.3 Å². The molecule has 10 heteroatoms. The van der Waals surface area contributed by atoms with Crippen molar-refractivity contribution in [1.29, 1.82) is 5.26 Å². The first kappa shape index (κ1) is 22.6. The van der Waals surface area contributed by atoms with Gasteiger partial charge in [-0.15, -0.1) is 0 Å². The number of pyridine rings is 1. The maximum absolute atomic E-state index is 12.9. The van der Waals surface area contributed by atoms with E-state index >= 15 is 0 Å². The summed E-state index contributed by atoms with van der Waals surface area (Å²) in [6, 6.07) is 9.27. The number of hydrogen-bond acceptors (Lipinski definition) is 6. The third-order valence-electron chi connectivity index (χ3n) is 6.70. The smallest absolute Gasteiger partial charge is 0.261 e. The number of nitriles is 1. The van der Waals surface area contributed by atoms with Crippen LogP contribution in [0.15, 0.2) is 40.2 Å². The molecule has 0 amide bonds. The maximum atomic E-state index is 12.9. The van der Waals surface area contributed by atoms with E-state index in [0.29, 0.717) is 40.4 Å². The largest absolute Gasteiger partial charge is 0.338 e. The van der Waals surface area contributed by atoms with E-state index < -0.39 is 10.0 Å². The van der Waals surface area contributed by atoms with Crippen LogP contribution in [-0.2, 0) is 16.6 Å². The summed E-state index contributed by atoms with van der Waals surface area (Å²) in [4.78, 5) is 15.8. The molecule has 0 spiro atoms. The van der Waals surface area contributed by atoms with E-state index in [4.69, 9.17) is 5.10 Å². The molecule has 3 aromatic rings. The van der Waals surface area contributed by atoms with Crippen LogP contribution in [0, 0.1) is 23.2 Å². The van der Waals surface area contributed by atoms with Crippen LogP contribution in [0.5, 0.6) is 0 Å². The number of aromatic amines is 1. The van der Waals surface area contributed by atoms with Gasteiger partial charge >= 0.3 is 0 Å². The first-order valence-electron chi connectivity index (χ1n) is 11.7. The normalized spacial score (nSPS) is 22.1. The second-order valence-corrected chi connectivity index (χ2v) is 11.5. The van der Waals surface area contributed by atoms with Gasteiger partial charge in [-0.1, -0.05) is 26.7 Å². The van der Waals surface area contributed by atoms with E-state index in [-0.39, 0.29) is 23.4 Å².